The van der Waals surface area contributed by atoms with Crippen molar-refractivity contribution >= 4 is 11.3 Å². The smallest absolute Gasteiger partial charge is 0.164 e. The molecule has 15 heavy (non-hydrogen) atoms. The zero-order valence-corrected chi connectivity index (χ0v) is 8.88. The van der Waals surface area contributed by atoms with E-state index in [0.29, 0.717) is 5.01 Å². The van der Waals surface area contributed by atoms with E-state index >= 15 is 0 Å². The lowest BCUT2D eigenvalue weighted by molar-refractivity contribution is 0.352. The number of benzene rings is 1. The molecule has 1 heterocycles. The Hall–Kier alpha value is -1.26. The molecule has 0 saturated heterocycles. The van der Waals surface area contributed by atoms with Crippen molar-refractivity contribution in [3.63, 3.8) is 0 Å². The third-order valence-electron chi connectivity index (χ3n) is 2.07. The van der Waals surface area contributed by atoms with Crippen LogP contribution in [0, 0.1) is 0 Å². The maximum Gasteiger partial charge on any atom is 0.164 e. The van der Waals surface area contributed by atoms with E-state index in [1.54, 1.807) is 0 Å². The first kappa shape index (κ1) is 10.3. The van der Waals surface area contributed by atoms with E-state index < -0.39 is 6.17 Å². The predicted molar refractivity (Wildman–Crippen MR) is 60.5 cm³/mol. The number of rotatable bonds is 3. The molecule has 0 fully saturated rings. The molecule has 2 rings (SSSR count). The number of nitrogens with two attached hydrogens (primary N) is 1. The average molecular weight is 222 g/mol. The lowest BCUT2D eigenvalue weighted by atomic mass is 10.2. The SMILES string of the molecule is NCC(F)c1nc(-c2ccccc2)cs1. The highest BCUT2D eigenvalue weighted by Gasteiger charge is 2.12. The predicted octanol–water partition coefficient (Wildman–Crippen LogP) is 2.78. The second-order valence-electron chi connectivity index (χ2n) is 3.14. The molecule has 0 aliphatic heterocycles. The zero-order valence-electron chi connectivity index (χ0n) is 8.06. The molecule has 1 aromatic heterocycles. The summed E-state index contributed by atoms with van der Waals surface area (Å²) in [5, 5.41) is 2.31. The Balaban J connectivity index is 2.28. The Morgan fingerprint density at radius 2 is 2.07 bits per heavy atom. The number of alkyl halides is 1. The van der Waals surface area contributed by atoms with Gasteiger partial charge in [-0.2, -0.15) is 0 Å². The fraction of sp³-hybridized carbons (Fsp3) is 0.182. The summed E-state index contributed by atoms with van der Waals surface area (Å²) in [7, 11) is 0. The summed E-state index contributed by atoms with van der Waals surface area (Å²) in [6, 6.07) is 9.71. The molecule has 0 aliphatic rings. The van der Waals surface area contributed by atoms with Crippen molar-refractivity contribution in [2.24, 2.45) is 5.73 Å². The van der Waals surface area contributed by atoms with Gasteiger partial charge in [-0.25, -0.2) is 9.37 Å². The Morgan fingerprint density at radius 1 is 1.33 bits per heavy atom. The molecule has 0 bridgehead atoms. The molecule has 4 heteroatoms. The monoisotopic (exact) mass is 222 g/mol. The number of halogens is 1. The van der Waals surface area contributed by atoms with Crippen LogP contribution in [-0.4, -0.2) is 11.5 Å². The third kappa shape index (κ3) is 2.22. The van der Waals surface area contributed by atoms with E-state index in [1.165, 1.54) is 11.3 Å². The van der Waals surface area contributed by atoms with Crippen LogP contribution in [-0.2, 0) is 0 Å². The van der Waals surface area contributed by atoms with Crippen molar-refractivity contribution < 1.29 is 4.39 Å². The summed E-state index contributed by atoms with van der Waals surface area (Å²) < 4.78 is 13.2. The number of nitrogens with zero attached hydrogens (tertiary/aromatic N) is 1. The summed E-state index contributed by atoms with van der Waals surface area (Å²) in [6.45, 7) is -0.0122. The molecular weight excluding hydrogens is 211 g/mol. The van der Waals surface area contributed by atoms with Crippen molar-refractivity contribution in [2.75, 3.05) is 6.54 Å². The highest BCUT2D eigenvalue weighted by atomic mass is 32.1. The van der Waals surface area contributed by atoms with Crippen LogP contribution in [0.2, 0.25) is 0 Å². The lowest BCUT2D eigenvalue weighted by Crippen LogP contribution is -2.07. The Kier molecular flexibility index (Phi) is 3.08. The molecule has 0 radical (unpaired) electrons. The molecule has 1 aromatic carbocycles. The van der Waals surface area contributed by atoms with Gasteiger partial charge in [0.15, 0.2) is 6.17 Å². The summed E-state index contributed by atoms with van der Waals surface area (Å²) in [4.78, 5) is 4.21. The highest BCUT2D eigenvalue weighted by molar-refractivity contribution is 7.10. The normalized spacial score (nSPS) is 12.7. The largest absolute Gasteiger partial charge is 0.327 e. The zero-order chi connectivity index (χ0) is 10.7. The van der Waals surface area contributed by atoms with E-state index in [1.807, 2.05) is 35.7 Å². The van der Waals surface area contributed by atoms with Crippen LogP contribution in [0.4, 0.5) is 4.39 Å². The molecule has 2 nitrogen and oxygen atoms in total. The van der Waals surface area contributed by atoms with Crippen LogP contribution < -0.4 is 5.73 Å². The van der Waals surface area contributed by atoms with Gasteiger partial charge in [0.05, 0.1) is 5.69 Å². The highest BCUT2D eigenvalue weighted by Crippen LogP contribution is 2.26. The Morgan fingerprint density at radius 3 is 2.73 bits per heavy atom. The molecule has 0 saturated carbocycles. The topological polar surface area (TPSA) is 38.9 Å². The van der Waals surface area contributed by atoms with Crippen molar-refractivity contribution in [3.05, 3.63) is 40.7 Å². The summed E-state index contributed by atoms with van der Waals surface area (Å²) >= 11 is 1.31. The summed E-state index contributed by atoms with van der Waals surface area (Å²) in [6.07, 6.45) is -1.15. The molecule has 0 amide bonds. The third-order valence-corrected chi connectivity index (χ3v) is 3.00. The fourth-order valence-electron chi connectivity index (χ4n) is 1.27. The number of hydrogen-bond acceptors (Lipinski definition) is 3. The first-order chi connectivity index (χ1) is 7.31. The van der Waals surface area contributed by atoms with Gasteiger partial charge in [0.1, 0.15) is 5.01 Å². The van der Waals surface area contributed by atoms with Gasteiger partial charge in [0.2, 0.25) is 0 Å². The van der Waals surface area contributed by atoms with Crippen molar-refractivity contribution in [1.82, 2.24) is 4.98 Å². The maximum absolute atomic E-state index is 13.2. The van der Waals surface area contributed by atoms with Gasteiger partial charge < -0.3 is 5.73 Å². The lowest BCUT2D eigenvalue weighted by Gasteiger charge is -1.98. The van der Waals surface area contributed by atoms with Crippen LogP contribution in [0.25, 0.3) is 11.3 Å². The van der Waals surface area contributed by atoms with Crippen LogP contribution >= 0.6 is 11.3 Å². The molecule has 2 N–H and O–H groups in total. The molecular formula is C11H11FN2S. The molecule has 78 valence electrons. The Labute approximate surface area is 91.6 Å². The van der Waals surface area contributed by atoms with E-state index in [2.05, 4.69) is 4.98 Å². The number of hydrogen-bond donors (Lipinski definition) is 1. The van der Waals surface area contributed by atoms with E-state index in [9.17, 15) is 4.39 Å². The minimum atomic E-state index is -1.15. The molecule has 1 unspecified atom stereocenters. The Bertz CT molecular complexity index is 427. The second kappa shape index (κ2) is 4.51. The molecule has 0 aliphatic carbocycles. The molecule has 0 spiro atoms. The van der Waals surface area contributed by atoms with Crippen LogP contribution in [0.5, 0.6) is 0 Å². The molecule has 2 aromatic rings. The van der Waals surface area contributed by atoms with Gasteiger partial charge in [0, 0.05) is 17.5 Å². The van der Waals surface area contributed by atoms with Gasteiger partial charge in [0.25, 0.3) is 0 Å². The van der Waals surface area contributed by atoms with E-state index in [4.69, 9.17) is 5.73 Å². The number of aromatic nitrogens is 1. The average Bonchev–Trinajstić information content (AvgIpc) is 2.78. The van der Waals surface area contributed by atoms with E-state index in [-0.39, 0.29) is 6.54 Å². The van der Waals surface area contributed by atoms with Crippen LogP contribution in [0.1, 0.15) is 11.2 Å². The van der Waals surface area contributed by atoms with Crippen LogP contribution in [0.3, 0.4) is 0 Å². The second-order valence-corrected chi connectivity index (χ2v) is 4.03. The van der Waals surface area contributed by atoms with Crippen molar-refractivity contribution in [2.45, 2.75) is 6.17 Å². The minimum absolute atomic E-state index is 0.0122. The van der Waals surface area contributed by atoms with E-state index in [0.717, 1.165) is 11.3 Å². The van der Waals surface area contributed by atoms with Gasteiger partial charge in [-0.3, -0.25) is 0 Å². The van der Waals surface area contributed by atoms with Gasteiger partial charge in [-0.1, -0.05) is 30.3 Å². The van der Waals surface area contributed by atoms with Crippen molar-refractivity contribution in [1.29, 1.82) is 0 Å². The quantitative estimate of drug-likeness (QED) is 0.867. The first-order valence-corrected chi connectivity index (χ1v) is 5.54. The molecule has 1 atom stereocenters. The van der Waals surface area contributed by atoms with Crippen LogP contribution in [0.15, 0.2) is 35.7 Å². The standard InChI is InChI=1S/C11H11FN2S/c12-9(6-13)11-14-10(7-15-11)8-4-2-1-3-5-8/h1-5,7,9H,6,13H2. The van der Waals surface area contributed by atoms with Gasteiger partial charge >= 0.3 is 0 Å². The first-order valence-electron chi connectivity index (χ1n) is 4.66. The minimum Gasteiger partial charge on any atom is -0.327 e. The van der Waals surface area contributed by atoms with Crippen molar-refractivity contribution in [3.8, 4) is 11.3 Å². The van der Waals surface area contributed by atoms with Gasteiger partial charge in [-0.15, -0.1) is 11.3 Å². The number of thiazole rings is 1. The summed E-state index contributed by atoms with van der Waals surface area (Å²) in [5.74, 6) is 0. The summed E-state index contributed by atoms with van der Waals surface area (Å²) in [5.41, 5.74) is 7.06. The fourth-order valence-corrected chi connectivity index (χ4v) is 2.09. The van der Waals surface area contributed by atoms with Gasteiger partial charge in [-0.05, 0) is 0 Å². The maximum atomic E-state index is 13.2.